The number of fused-ring (bicyclic) bond motifs is 2. The van der Waals surface area contributed by atoms with Crippen LogP contribution in [-0.2, 0) is 0 Å². The third kappa shape index (κ3) is 2.39. The van der Waals surface area contributed by atoms with Gasteiger partial charge in [0.2, 0.25) is 0 Å². The van der Waals surface area contributed by atoms with Crippen LogP contribution in [0.3, 0.4) is 0 Å². The van der Waals surface area contributed by atoms with E-state index in [2.05, 4.69) is 27.5 Å². The van der Waals surface area contributed by atoms with Crippen LogP contribution in [0.15, 0.2) is 11.6 Å². The van der Waals surface area contributed by atoms with Crippen LogP contribution in [0.4, 0.5) is 0 Å². The highest BCUT2D eigenvalue weighted by atomic mass is 32.1. The van der Waals surface area contributed by atoms with E-state index >= 15 is 0 Å². The summed E-state index contributed by atoms with van der Waals surface area (Å²) in [7, 11) is 0. The zero-order valence-corrected chi connectivity index (χ0v) is 11.2. The zero-order chi connectivity index (χ0) is 11.7. The first-order valence-electron chi connectivity index (χ1n) is 6.74. The fraction of sp³-hybridized carbons (Fsp3) is 0.769. The van der Waals surface area contributed by atoms with Crippen molar-refractivity contribution in [2.45, 2.75) is 38.3 Å². The standard InChI is InChI=1S/C13H21N3S/c1-2-11(13-14-5-8-17-13)15-12-4-7-16-6-3-10(12)9-16/h5,8,10-12,15H,2-4,6-7,9H2,1H3. The van der Waals surface area contributed by atoms with Crippen molar-refractivity contribution in [3.8, 4) is 0 Å². The van der Waals surface area contributed by atoms with Crippen molar-refractivity contribution in [3.63, 3.8) is 0 Å². The van der Waals surface area contributed by atoms with Gasteiger partial charge in [0, 0.05) is 24.2 Å². The van der Waals surface area contributed by atoms with Crippen molar-refractivity contribution < 1.29 is 0 Å². The molecular formula is C13H21N3S. The second-order valence-electron chi connectivity index (χ2n) is 5.24. The van der Waals surface area contributed by atoms with Crippen LogP contribution in [-0.4, -0.2) is 35.6 Å². The van der Waals surface area contributed by atoms with Crippen LogP contribution in [0.1, 0.15) is 37.2 Å². The molecule has 0 spiro atoms. The third-order valence-corrected chi connectivity index (χ3v) is 5.10. The van der Waals surface area contributed by atoms with Crippen LogP contribution in [0, 0.1) is 5.92 Å². The number of nitrogens with zero attached hydrogens (tertiary/aromatic N) is 2. The number of hydrogen-bond donors (Lipinski definition) is 1. The van der Waals surface area contributed by atoms with E-state index in [0.29, 0.717) is 12.1 Å². The quantitative estimate of drug-likeness (QED) is 0.890. The molecule has 17 heavy (non-hydrogen) atoms. The van der Waals surface area contributed by atoms with Gasteiger partial charge in [-0.2, -0.15) is 0 Å². The number of rotatable bonds is 4. The van der Waals surface area contributed by atoms with E-state index in [1.807, 2.05) is 6.20 Å². The minimum Gasteiger partial charge on any atom is -0.305 e. The van der Waals surface area contributed by atoms with E-state index in [1.54, 1.807) is 11.3 Å². The molecule has 4 atom stereocenters. The number of thiazole rings is 1. The highest BCUT2D eigenvalue weighted by molar-refractivity contribution is 7.09. The average Bonchev–Trinajstić information content (AvgIpc) is 2.99. The van der Waals surface area contributed by atoms with E-state index in [0.717, 1.165) is 12.3 Å². The molecule has 0 aromatic carbocycles. The summed E-state index contributed by atoms with van der Waals surface area (Å²) in [5.74, 6) is 0.873. The Morgan fingerprint density at radius 1 is 1.53 bits per heavy atom. The summed E-state index contributed by atoms with van der Waals surface area (Å²) >= 11 is 1.78. The van der Waals surface area contributed by atoms with Gasteiger partial charge < -0.3 is 10.2 Å². The minimum absolute atomic E-state index is 0.465. The largest absolute Gasteiger partial charge is 0.305 e. The molecule has 4 heteroatoms. The van der Waals surface area contributed by atoms with Crippen molar-refractivity contribution in [1.82, 2.24) is 15.2 Å². The molecule has 2 aliphatic rings. The molecule has 1 aromatic rings. The lowest BCUT2D eigenvalue weighted by Crippen LogP contribution is -2.45. The Balaban J connectivity index is 1.65. The van der Waals surface area contributed by atoms with Crippen LogP contribution < -0.4 is 5.32 Å². The lowest BCUT2D eigenvalue weighted by atomic mass is 9.93. The number of piperidine rings is 1. The van der Waals surface area contributed by atoms with Crippen LogP contribution >= 0.6 is 11.3 Å². The predicted octanol–water partition coefficient (Wildman–Crippen LogP) is 2.28. The van der Waals surface area contributed by atoms with E-state index in [4.69, 9.17) is 0 Å². The molecule has 2 saturated heterocycles. The molecule has 3 nitrogen and oxygen atoms in total. The monoisotopic (exact) mass is 251 g/mol. The maximum atomic E-state index is 4.46. The summed E-state index contributed by atoms with van der Waals surface area (Å²) in [5.41, 5.74) is 0. The summed E-state index contributed by atoms with van der Waals surface area (Å²) in [6.45, 7) is 6.16. The van der Waals surface area contributed by atoms with Gasteiger partial charge in [0.25, 0.3) is 0 Å². The van der Waals surface area contributed by atoms with E-state index in [-0.39, 0.29) is 0 Å². The number of aromatic nitrogens is 1. The first-order chi connectivity index (χ1) is 8.36. The normalized spacial score (nSPS) is 33.8. The molecule has 0 aliphatic carbocycles. The summed E-state index contributed by atoms with van der Waals surface area (Å²) in [6.07, 6.45) is 5.75. The Labute approximate surface area is 107 Å². The Morgan fingerprint density at radius 3 is 3.18 bits per heavy atom. The van der Waals surface area contributed by atoms with Gasteiger partial charge in [-0.25, -0.2) is 4.98 Å². The summed E-state index contributed by atoms with van der Waals surface area (Å²) in [6, 6.07) is 1.18. The van der Waals surface area contributed by atoms with Gasteiger partial charge in [-0.1, -0.05) is 6.92 Å². The Bertz CT molecular complexity index is 352. The van der Waals surface area contributed by atoms with Gasteiger partial charge in [-0.3, -0.25) is 0 Å². The average molecular weight is 251 g/mol. The van der Waals surface area contributed by atoms with Gasteiger partial charge in [-0.05, 0) is 38.3 Å². The van der Waals surface area contributed by atoms with E-state index in [9.17, 15) is 0 Å². The molecule has 2 fully saturated rings. The van der Waals surface area contributed by atoms with Crippen molar-refractivity contribution in [2.75, 3.05) is 19.6 Å². The topological polar surface area (TPSA) is 28.2 Å². The molecular weight excluding hydrogens is 230 g/mol. The molecule has 3 heterocycles. The van der Waals surface area contributed by atoms with Crippen LogP contribution in [0.25, 0.3) is 0 Å². The Morgan fingerprint density at radius 2 is 2.41 bits per heavy atom. The molecule has 3 rings (SSSR count). The molecule has 0 amide bonds. The molecule has 4 unspecified atom stereocenters. The fourth-order valence-electron chi connectivity index (χ4n) is 3.20. The first kappa shape index (κ1) is 11.6. The minimum atomic E-state index is 0.465. The number of nitrogens with one attached hydrogen (secondary N) is 1. The smallest absolute Gasteiger partial charge is 0.109 e. The van der Waals surface area contributed by atoms with Crippen molar-refractivity contribution in [3.05, 3.63) is 16.6 Å². The molecule has 94 valence electrons. The SMILES string of the molecule is CCC(NC1CCN2CCC1C2)c1nccs1. The van der Waals surface area contributed by atoms with Crippen molar-refractivity contribution >= 4 is 11.3 Å². The second kappa shape index (κ2) is 5.04. The maximum Gasteiger partial charge on any atom is 0.109 e. The summed E-state index contributed by atoms with van der Waals surface area (Å²) in [5, 5.41) is 7.20. The van der Waals surface area contributed by atoms with Gasteiger partial charge in [-0.15, -0.1) is 11.3 Å². The molecule has 2 aliphatic heterocycles. The van der Waals surface area contributed by atoms with E-state index in [1.165, 1.54) is 37.5 Å². The highest BCUT2D eigenvalue weighted by Gasteiger charge is 2.35. The van der Waals surface area contributed by atoms with Gasteiger partial charge in [0.05, 0.1) is 6.04 Å². The van der Waals surface area contributed by atoms with Crippen molar-refractivity contribution in [2.24, 2.45) is 5.92 Å². The zero-order valence-electron chi connectivity index (χ0n) is 10.4. The Hall–Kier alpha value is -0.450. The fourth-order valence-corrected chi connectivity index (χ4v) is 3.98. The number of hydrogen-bond acceptors (Lipinski definition) is 4. The predicted molar refractivity (Wildman–Crippen MR) is 71.2 cm³/mol. The summed E-state index contributed by atoms with van der Waals surface area (Å²) < 4.78 is 0. The molecule has 1 aromatic heterocycles. The second-order valence-corrected chi connectivity index (χ2v) is 6.17. The third-order valence-electron chi connectivity index (χ3n) is 4.21. The maximum absolute atomic E-state index is 4.46. The summed E-state index contributed by atoms with van der Waals surface area (Å²) in [4.78, 5) is 7.06. The van der Waals surface area contributed by atoms with Crippen LogP contribution in [0.2, 0.25) is 0 Å². The van der Waals surface area contributed by atoms with Gasteiger partial charge >= 0.3 is 0 Å². The van der Waals surface area contributed by atoms with Gasteiger partial charge in [0.15, 0.2) is 0 Å². The van der Waals surface area contributed by atoms with Crippen LogP contribution in [0.5, 0.6) is 0 Å². The van der Waals surface area contributed by atoms with E-state index < -0.39 is 0 Å². The molecule has 0 radical (unpaired) electrons. The Kier molecular flexibility index (Phi) is 3.45. The molecule has 2 bridgehead atoms. The first-order valence-corrected chi connectivity index (χ1v) is 7.62. The molecule has 1 N–H and O–H groups in total. The highest BCUT2D eigenvalue weighted by Crippen LogP contribution is 2.30. The van der Waals surface area contributed by atoms with Crippen molar-refractivity contribution in [1.29, 1.82) is 0 Å². The van der Waals surface area contributed by atoms with Gasteiger partial charge in [0.1, 0.15) is 5.01 Å². The lowest BCUT2D eigenvalue weighted by Gasteiger charge is -2.33. The lowest BCUT2D eigenvalue weighted by molar-refractivity contribution is 0.208. The molecule has 0 saturated carbocycles.